The van der Waals surface area contributed by atoms with Crippen molar-refractivity contribution >= 4 is 37.5 Å². The standard InChI is InChI=1S/C12H15BrN2O4S/c1-2-3-4-14-20(17,18)11-6-10-9(5-8(11)13)15-12(16)7-19-10/h5-6,14H,2-4,7H2,1H3,(H,15,16). The Morgan fingerprint density at radius 1 is 1.45 bits per heavy atom. The van der Waals surface area contributed by atoms with E-state index in [9.17, 15) is 13.2 Å². The lowest BCUT2D eigenvalue weighted by atomic mass is 10.2. The number of unbranched alkanes of at least 4 members (excludes halogenated alkanes) is 1. The summed E-state index contributed by atoms with van der Waals surface area (Å²) >= 11 is 3.21. The summed E-state index contributed by atoms with van der Waals surface area (Å²) in [6.45, 7) is 2.26. The maximum absolute atomic E-state index is 12.2. The molecular formula is C12H15BrN2O4S. The van der Waals surface area contributed by atoms with E-state index in [0.717, 1.165) is 12.8 Å². The predicted molar refractivity (Wildman–Crippen MR) is 78.4 cm³/mol. The first-order valence-electron chi connectivity index (χ1n) is 6.20. The van der Waals surface area contributed by atoms with Crippen molar-refractivity contribution in [2.45, 2.75) is 24.7 Å². The summed E-state index contributed by atoms with van der Waals surface area (Å²) in [7, 11) is -3.60. The molecule has 0 unspecified atom stereocenters. The second-order valence-electron chi connectivity index (χ2n) is 4.37. The predicted octanol–water partition coefficient (Wildman–Crippen LogP) is 1.86. The van der Waals surface area contributed by atoms with E-state index in [0.29, 0.717) is 22.5 Å². The normalized spacial score (nSPS) is 14.4. The van der Waals surface area contributed by atoms with Crippen molar-refractivity contribution in [3.05, 3.63) is 16.6 Å². The molecule has 0 aromatic heterocycles. The van der Waals surface area contributed by atoms with Crippen molar-refractivity contribution in [1.29, 1.82) is 0 Å². The molecule has 0 saturated heterocycles. The minimum Gasteiger partial charge on any atom is -0.482 e. The first-order chi connectivity index (χ1) is 9.44. The maximum atomic E-state index is 12.2. The first-order valence-corrected chi connectivity index (χ1v) is 8.47. The van der Waals surface area contributed by atoms with E-state index in [4.69, 9.17) is 4.74 Å². The van der Waals surface area contributed by atoms with Crippen molar-refractivity contribution in [2.75, 3.05) is 18.5 Å². The molecule has 8 heteroatoms. The molecule has 1 aliphatic rings. The molecule has 6 nitrogen and oxygen atoms in total. The van der Waals surface area contributed by atoms with Crippen LogP contribution in [-0.4, -0.2) is 27.5 Å². The van der Waals surface area contributed by atoms with Gasteiger partial charge in [0, 0.05) is 17.1 Å². The van der Waals surface area contributed by atoms with Gasteiger partial charge >= 0.3 is 0 Å². The average Bonchev–Trinajstić information content (AvgIpc) is 2.37. The van der Waals surface area contributed by atoms with E-state index in [-0.39, 0.29) is 17.4 Å². The van der Waals surface area contributed by atoms with Crippen molar-refractivity contribution < 1.29 is 17.9 Å². The Hall–Kier alpha value is -1.12. The van der Waals surface area contributed by atoms with E-state index >= 15 is 0 Å². The molecule has 1 aromatic carbocycles. The first kappa shape index (κ1) is 15.3. The zero-order valence-electron chi connectivity index (χ0n) is 10.9. The summed E-state index contributed by atoms with van der Waals surface area (Å²) in [4.78, 5) is 11.3. The minimum absolute atomic E-state index is 0.100. The zero-order valence-corrected chi connectivity index (χ0v) is 13.3. The highest BCUT2D eigenvalue weighted by Crippen LogP contribution is 2.35. The molecule has 20 heavy (non-hydrogen) atoms. The molecule has 1 aliphatic heterocycles. The monoisotopic (exact) mass is 362 g/mol. The molecule has 2 rings (SSSR count). The zero-order chi connectivity index (χ0) is 14.8. The van der Waals surface area contributed by atoms with Crippen LogP contribution >= 0.6 is 15.9 Å². The van der Waals surface area contributed by atoms with Crippen LogP contribution in [0.1, 0.15) is 19.8 Å². The number of nitrogens with one attached hydrogen (secondary N) is 2. The van der Waals surface area contributed by atoms with Gasteiger partial charge in [-0.05, 0) is 28.4 Å². The Balaban J connectivity index is 2.31. The van der Waals surface area contributed by atoms with Crippen LogP contribution in [0.4, 0.5) is 5.69 Å². The Labute approximate surface area is 126 Å². The Kier molecular flexibility index (Phi) is 4.66. The molecule has 0 spiro atoms. The van der Waals surface area contributed by atoms with Crippen molar-refractivity contribution in [2.24, 2.45) is 0 Å². The van der Waals surface area contributed by atoms with Gasteiger partial charge in [0.2, 0.25) is 10.0 Å². The van der Waals surface area contributed by atoms with Crippen molar-refractivity contribution in [3.63, 3.8) is 0 Å². The molecule has 0 saturated carbocycles. The second kappa shape index (κ2) is 6.11. The Bertz CT molecular complexity index is 631. The second-order valence-corrected chi connectivity index (χ2v) is 6.96. The molecule has 1 aromatic rings. The SMILES string of the molecule is CCCCNS(=O)(=O)c1cc2c(cc1Br)NC(=O)CO2. The van der Waals surface area contributed by atoms with Gasteiger partial charge in [0.1, 0.15) is 5.75 Å². The van der Waals surface area contributed by atoms with Crippen LogP contribution < -0.4 is 14.8 Å². The highest BCUT2D eigenvalue weighted by atomic mass is 79.9. The molecule has 110 valence electrons. The number of hydrogen-bond acceptors (Lipinski definition) is 4. The number of anilines is 1. The largest absolute Gasteiger partial charge is 0.482 e. The molecule has 0 bridgehead atoms. The molecule has 2 N–H and O–H groups in total. The van der Waals surface area contributed by atoms with Crippen LogP contribution in [0.2, 0.25) is 0 Å². The van der Waals surface area contributed by atoms with Gasteiger partial charge in [0.25, 0.3) is 5.91 Å². The van der Waals surface area contributed by atoms with Crippen LogP contribution in [-0.2, 0) is 14.8 Å². The fraction of sp³-hybridized carbons (Fsp3) is 0.417. The number of halogens is 1. The fourth-order valence-corrected chi connectivity index (χ4v) is 3.88. The smallest absolute Gasteiger partial charge is 0.262 e. The summed E-state index contributed by atoms with van der Waals surface area (Å²) in [5, 5.41) is 2.62. The topological polar surface area (TPSA) is 84.5 Å². The van der Waals surface area contributed by atoms with Crippen LogP contribution in [0.5, 0.6) is 5.75 Å². The van der Waals surface area contributed by atoms with E-state index in [1.165, 1.54) is 12.1 Å². The summed E-state index contributed by atoms with van der Waals surface area (Å²) in [6.07, 6.45) is 1.68. The van der Waals surface area contributed by atoms with Gasteiger partial charge in [-0.1, -0.05) is 13.3 Å². The van der Waals surface area contributed by atoms with Crippen LogP contribution in [0.25, 0.3) is 0 Å². The van der Waals surface area contributed by atoms with Crippen LogP contribution in [0.15, 0.2) is 21.5 Å². The Morgan fingerprint density at radius 2 is 2.20 bits per heavy atom. The number of amides is 1. The number of ether oxygens (including phenoxy) is 1. The van der Waals surface area contributed by atoms with Crippen LogP contribution in [0.3, 0.4) is 0 Å². The molecule has 0 fully saturated rings. The molecule has 1 heterocycles. The third kappa shape index (κ3) is 3.31. The van der Waals surface area contributed by atoms with Gasteiger partial charge in [0.05, 0.1) is 10.6 Å². The number of fused-ring (bicyclic) bond motifs is 1. The lowest BCUT2D eigenvalue weighted by Crippen LogP contribution is -2.27. The summed E-state index contributed by atoms with van der Waals surface area (Å²) in [5.41, 5.74) is 0.459. The molecular weight excluding hydrogens is 348 g/mol. The molecule has 0 radical (unpaired) electrons. The number of rotatable bonds is 5. The molecule has 0 atom stereocenters. The fourth-order valence-electron chi connectivity index (χ4n) is 1.75. The van der Waals surface area contributed by atoms with Gasteiger partial charge in [-0.2, -0.15) is 0 Å². The van der Waals surface area contributed by atoms with E-state index in [2.05, 4.69) is 26.0 Å². The third-order valence-electron chi connectivity index (χ3n) is 2.78. The average molecular weight is 363 g/mol. The van der Waals surface area contributed by atoms with Crippen molar-refractivity contribution in [1.82, 2.24) is 4.72 Å². The summed E-state index contributed by atoms with van der Waals surface area (Å²) in [5.74, 6) is 0.0877. The number of carbonyl (C=O) groups is 1. The van der Waals surface area contributed by atoms with Crippen molar-refractivity contribution in [3.8, 4) is 5.75 Å². The van der Waals surface area contributed by atoms with E-state index < -0.39 is 10.0 Å². The molecule has 0 aliphatic carbocycles. The lowest BCUT2D eigenvalue weighted by molar-refractivity contribution is -0.118. The third-order valence-corrected chi connectivity index (χ3v) is 5.20. The van der Waals surface area contributed by atoms with E-state index in [1.807, 2.05) is 6.92 Å². The van der Waals surface area contributed by atoms with Crippen LogP contribution in [0, 0.1) is 0 Å². The highest BCUT2D eigenvalue weighted by Gasteiger charge is 2.23. The quantitative estimate of drug-likeness (QED) is 0.782. The van der Waals surface area contributed by atoms with Gasteiger partial charge in [-0.25, -0.2) is 13.1 Å². The number of sulfonamides is 1. The maximum Gasteiger partial charge on any atom is 0.262 e. The van der Waals surface area contributed by atoms with Gasteiger partial charge < -0.3 is 10.1 Å². The summed E-state index contributed by atoms with van der Waals surface area (Å²) < 4.78 is 32.5. The minimum atomic E-state index is -3.60. The van der Waals surface area contributed by atoms with Gasteiger partial charge in [-0.3, -0.25) is 4.79 Å². The number of carbonyl (C=O) groups excluding carboxylic acids is 1. The lowest BCUT2D eigenvalue weighted by Gasteiger charge is -2.19. The van der Waals surface area contributed by atoms with Gasteiger partial charge in [-0.15, -0.1) is 0 Å². The van der Waals surface area contributed by atoms with E-state index in [1.54, 1.807) is 0 Å². The Morgan fingerprint density at radius 3 is 2.90 bits per heavy atom. The number of benzene rings is 1. The number of hydrogen-bond donors (Lipinski definition) is 2. The summed E-state index contributed by atoms with van der Waals surface area (Å²) in [6, 6.07) is 2.94. The van der Waals surface area contributed by atoms with Gasteiger partial charge in [0.15, 0.2) is 6.61 Å². The molecule has 1 amide bonds. The highest BCUT2D eigenvalue weighted by molar-refractivity contribution is 9.10.